The topological polar surface area (TPSA) is 139 Å². The molecule has 2 aliphatic heterocycles. The van der Waals surface area contributed by atoms with Gasteiger partial charge in [-0.25, -0.2) is 19.2 Å². The van der Waals surface area contributed by atoms with Crippen LogP contribution in [-0.4, -0.2) is 61.1 Å². The molecule has 11 heteroatoms. The van der Waals surface area contributed by atoms with Crippen molar-refractivity contribution < 1.29 is 19.1 Å². The van der Waals surface area contributed by atoms with Crippen molar-refractivity contribution in [3.63, 3.8) is 0 Å². The van der Waals surface area contributed by atoms with Crippen LogP contribution >= 0.6 is 0 Å². The molecule has 10 nitrogen and oxygen atoms in total. The minimum Gasteiger partial charge on any atom is -0.465 e. The van der Waals surface area contributed by atoms with Gasteiger partial charge in [0.15, 0.2) is 0 Å². The fourth-order valence-corrected chi connectivity index (χ4v) is 7.09. The second-order valence-electron chi connectivity index (χ2n) is 13.2. The average Bonchev–Trinajstić information content (AvgIpc) is 3.94. The Labute approximate surface area is 284 Å². The Morgan fingerprint density at radius 3 is 2.27 bits per heavy atom. The summed E-state index contributed by atoms with van der Waals surface area (Å²) in [5.74, 6) is 0.668. The lowest BCUT2D eigenvalue weighted by molar-refractivity contribution is -0.135. The molecule has 0 radical (unpaired) electrons. The highest BCUT2D eigenvalue weighted by Gasteiger charge is 2.37. The molecule has 2 amide bonds. The number of carbonyl (C=O) groups is 2. The number of benzene rings is 3. The molecular formula is C38H40FN7O3. The monoisotopic (exact) mass is 661 g/mol. The SMILES string of the molecule is CC(C)[C@H](NC(=O)O)C(=O)N1CCC[C@H]1c1ncc(-c2cc(F)c(-c3ccc(-c4cnc([C@@H]5CCCN5)[nH]4)cc3)c(-c3ccccc3)c2)[nH]1. The third kappa shape index (κ3) is 6.58. The number of carboxylic acid groups (broad SMARTS) is 1. The van der Waals surface area contributed by atoms with Crippen molar-refractivity contribution in [2.45, 2.75) is 57.7 Å². The zero-order chi connectivity index (χ0) is 34.1. The lowest BCUT2D eigenvalue weighted by Crippen LogP contribution is -2.50. The average molecular weight is 662 g/mol. The molecule has 0 aliphatic carbocycles. The van der Waals surface area contributed by atoms with E-state index in [-0.39, 0.29) is 29.7 Å². The highest BCUT2D eigenvalue weighted by molar-refractivity contribution is 5.88. The Morgan fingerprint density at radius 2 is 1.57 bits per heavy atom. The molecule has 0 spiro atoms. The Hall–Kier alpha value is -5.29. The van der Waals surface area contributed by atoms with Gasteiger partial charge in [0.1, 0.15) is 23.5 Å². The number of carbonyl (C=O) groups excluding carboxylic acids is 1. The minimum atomic E-state index is -1.23. The number of nitrogens with zero attached hydrogens (tertiary/aromatic N) is 3. The summed E-state index contributed by atoms with van der Waals surface area (Å²) in [4.78, 5) is 42.6. The van der Waals surface area contributed by atoms with Gasteiger partial charge in [-0.05, 0) is 72.5 Å². The summed E-state index contributed by atoms with van der Waals surface area (Å²) < 4.78 is 16.3. The van der Waals surface area contributed by atoms with E-state index in [0.717, 1.165) is 59.6 Å². The van der Waals surface area contributed by atoms with Crippen LogP contribution in [0.25, 0.3) is 44.8 Å². The summed E-state index contributed by atoms with van der Waals surface area (Å²) in [7, 11) is 0. The number of H-pyrrole nitrogens is 2. The number of amides is 2. The molecule has 3 aromatic carbocycles. The predicted octanol–water partition coefficient (Wildman–Crippen LogP) is 7.32. The number of hydrogen-bond acceptors (Lipinski definition) is 5. The summed E-state index contributed by atoms with van der Waals surface area (Å²) in [5, 5.41) is 15.2. The Kier molecular flexibility index (Phi) is 9.01. The molecule has 0 unspecified atom stereocenters. The summed E-state index contributed by atoms with van der Waals surface area (Å²) in [6.07, 6.45) is 5.94. The quantitative estimate of drug-likeness (QED) is 0.112. The van der Waals surface area contributed by atoms with Gasteiger partial charge in [0.25, 0.3) is 0 Å². The smallest absolute Gasteiger partial charge is 0.405 e. The van der Waals surface area contributed by atoms with Gasteiger partial charge in [0.2, 0.25) is 5.91 Å². The van der Waals surface area contributed by atoms with Crippen LogP contribution < -0.4 is 10.6 Å². The van der Waals surface area contributed by atoms with Crippen LogP contribution in [0, 0.1) is 11.7 Å². The Morgan fingerprint density at radius 1 is 0.878 bits per heavy atom. The lowest BCUT2D eigenvalue weighted by Gasteiger charge is -2.29. The van der Waals surface area contributed by atoms with E-state index in [0.29, 0.717) is 35.6 Å². The number of imidazole rings is 2. The number of aromatic nitrogens is 4. The summed E-state index contributed by atoms with van der Waals surface area (Å²) in [5.41, 5.74) is 6.03. The van der Waals surface area contributed by atoms with Crippen molar-refractivity contribution in [1.29, 1.82) is 0 Å². The van der Waals surface area contributed by atoms with E-state index in [1.807, 2.05) is 80.7 Å². The number of aromatic amines is 2. The van der Waals surface area contributed by atoms with Gasteiger partial charge in [0.05, 0.1) is 35.9 Å². The number of rotatable bonds is 9. The number of nitrogens with one attached hydrogen (secondary N) is 4. The van der Waals surface area contributed by atoms with E-state index in [2.05, 4.69) is 30.6 Å². The first-order valence-corrected chi connectivity index (χ1v) is 16.9. The molecule has 2 aliphatic rings. The van der Waals surface area contributed by atoms with E-state index in [1.165, 1.54) is 6.07 Å². The molecule has 3 atom stereocenters. The highest BCUT2D eigenvalue weighted by Crippen LogP contribution is 2.39. The number of likely N-dealkylation sites (tertiary alicyclic amines) is 1. The molecule has 4 heterocycles. The van der Waals surface area contributed by atoms with Crippen molar-refractivity contribution in [1.82, 2.24) is 35.5 Å². The molecule has 0 saturated carbocycles. The lowest BCUT2D eigenvalue weighted by atomic mass is 9.91. The van der Waals surface area contributed by atoms with Crippen molar-refractivity contribution >= 4 is 12.0 Å². The van der Waals surface area contributed by atoms with E-state index >= 15 is 4.39 Å². The van der Waals surface area contributed by atoms with Crippen LogP contribution in [0.15, 0.2) is 79.1 Å². The molecule has 49 heavy (non-hydrogen) atoms. The maximum atomic E-state index is 16.3. The second kappa shape index (κ2) is 13.7. The van der Waals surface area contributed by atoms with E-state index in [1.54, 1.807) is 11.1 Å². The molecular weight excluding hydrogens is 621 g/mol. The fourth-order valence-electron chi connectivity index (χ4n) is 7.09. The summed E-state index contributed by atoms with van der Waals surface area (Å²) in [6.45, 7) is 5.13. The van der Waals surface area contributed by atoms with E-state index in [9.17, 15) is 14.7 Å². The van der Waals surface area contributed by atoms with E-state index < -0.39 is 12.1 Å². The van der Waals surface area contributed by atoms with Crippen LogP contribution in [0.3, 0.4) is 0 Å². The zero-order valence-electron chi connectivity index (χ0n) is 27.5. The molecule has 2 fully saturated rings. The largest absolute Gasteiger partial charge is 0.465 e. The molecule has 0 bridgehead atoms. The summed E-state index contributed by atoms with van der Waals surface area (Å²) >= 11 is 0. The molecule has 2 aromatic heterocycles. The molecule has 2 saturated heterocycles. The van der Waals surface area contributed by atoms with Crippen LogP contribution in [0.5, 0.6) is 0 Å². The van der Waals surface area contributed by atoms with Gasteiger partial charge >= 0.3 is 6.09 Å². The third-order valence-electron chi connectivity index (χ3n) is 9.62. The molecule has 5 aromatic rings. The van der Waals surface area contributed by atoms with Crippen molar-refractivity contribution in [2.24, 2.45) is 5.92 Å². The Bertz CT molecular complexity index is 1950. The highest BCUT2D eigenvalue weighted by atomic mass is 19.1. The van der Waals surface area contributed by atoms with Crippen LogP contribution in [0.1, 0.15) is 63.3 Å². The maximum absolute atomic E-state index is 16.3. The van der Waals surface area contributed by atoms with Gasteiger partial charge in [-0.1, -0.05) is 68.4 Å². The van der Waals surface area contributed by atoms with Crippen LogP contribution in [-0.2, 0) is 4.79 Å². The van der Waals surface area contributed by atoms with Gasteiger partial charge in [-0.15, -0.1) is 0 Å². The van der Waals surface area contributed by atoms with Gasteiger partial charge in [0, 0.05) is 17.7 Å². The zero-order valence-corrected chi connectivity index (χ0v) is 27.5. The first-order chi connectivity index (χ1) is 23.8. The maximum Gasteiger partial charge on any atom is 0.405 e. The van der Waals surface area contributed by atoms with Gasteiger partial charge in [-0.2, -0.15) is 0 Å². The first kappa shape index (κ1) is 32.3. The minimum absolute atomic E-state index is 0.219. The van der Waals surface area contributed by atoms with Crippen LogP contribution in [0.2, 0.25) is 0 Å². The van der Waals surface area contributed by atoms with Crippen molar-refractivity contribution in [3.05, 3.63) is 96.6 Å². The predicted molar refractivity (Wildman–Crippen MR) is 186 cm³/mol. The molecule has 5 N–H and O–H groups in total. The van der Waals surface area contributed by atoms with Crippen LogP contribution in [0.4, 0.5) is 9.18 Å². The standard InChI is InChI=1S/C38H40FN7O3/c1-22(2)34(45-38(48)49)37(47)46-17-7-11-32(46)36-42-21-31(44-36)26-18-27(23-8-4-3-5-9-23)33(28(39)19-26)25-14-12-24(13-15-25)30-20-41-35(43-30)29-10-6-16-40-29/h3-5,8-9,12-15,18-22,29,32,34,40,45H,6-7,10-11,16-17H2,1-2H3,(H,41,43)(H,42,44)(H,48,49)/t29-,32-,34-/m0/s1. The molecule has 252 valence electrons. The van der Waals surface area contributed by atoms with Crippen molar-refractivity contribution in [2.75, 3.05) is 13.1 Å². The van der Waals surface area contributed by atoms with E-state index in [4.69, 9.17) is 0 Å². The van der Waals surface area contributed by atoms with Crippen molar-refractivity contribution in [3.8, 4) is 44.8 Å². The normalized spacial score (nSPS) is 18.2. The van der Waals surface area contributed by atoms with Gasteiger partial charge in [-0.3, -0.25) is 4.79 Å². The first-order valence-electron chi connectivity index (χ1n) is 16.9. The molecule has 7 rings (SSSR count). The number of hydrogen-bond donors (Lipinski definition) is 5. The second-order valence-corrected chi connectivity index (χ2v) is 13.2. The Balaban J connectivity index is 1.19. The third-order valence-corrected chi connectivity index (χ3v) is 9.62. The number of halogens is 1. The van der Waals surface area contributed by atoms with Gasteiger partial charge < -0.3 is 30.6 Å². The fraction of sp³-hybridized carbons (Fsp3) is 0.316. The summed E-state index contributed by atoms with van der Waals surface area (Å²) in [6, 6.07) is 20.1.